The van der Waals surface area contributed by atoms with Crippen molar-refractivity contribution in [1.82, 2.24) is 5.16 Å². The lowest BCUT2D eigenvalue weighted by Crippen LogP contribution is -2.25. The van der Waals surface area contributed by atoms with Gasteiger partial charge in [0.05, 0.1) is 0 Å². The minimum Gasteiger partial charge on any atom is -0.478 e. The molecule has 0 unspecified atom stereocenters. The summed E-state index contributed by atoms with van der Waals surface area (Å²) in [5.74, 6) is -1.12. The molecule has 1 aliphatic heterocycles. The number of rotatable bonds is 5. The highest BCUT2D eigenvalue weighted by atomic mass is 35.5. The molecule has 1 aliphatic rings. The molecule has 3 rings (SSSR count). The van der Waals surface area contributed by atoms with Crippen LogP contribution in [0.5, 0.6) is 0 Å². The van der Waals surface area contributed by atoms with Gasteiger partial charge in [0, 0.05) is 11.6 Å². The molecule has 1 N–H and O–H groups in total. The van der Waals surface area contributed by atoms with Crippen molar-refractivity contribution in [3.8, 4) is 0 Å². The number of aromatic carboxylic acids is 1. The molecule has 0 bridgehead atoms. The average Bonchev–Trinajstić information content (AvgIpc) is 3.04. The zero-order valence-electron chi connectivity index (χ0n) is 12.3. The Balaban J connectivity index is 1.93. The zero-order valence-corrected chi connectivity index (χ0v) is 13.0. The van der Waals surface area contributed by atoms with Crippen molar-refractivity contribution < 1.29 is 23.9 Å². The molecular formula is C16H16ClNO5. The summed E-state index contributed by atoms with van der Waals surface area (Å²) in [6.07, 6.45) is 2.76. The van der Waals surface area contributed by atoms with E-state index in [0.29, 0.717) is 11.6 Å². The molecule has 0 saturated carbocycles. The van der Waals surface area contributed by atoms with Crippen LogP contribution in [0.2, 0.25) is 5.02 Å². The zero-order chi connectivity index (χ0) is 16.2. The second-order valence-corrected chi connectivity index (χ2v) is 5.72. The molecular weight excluding hydrogens is 322 g/mol. The maximum atomic E-state index is 11.4. The quantitative estimate of drug-likeness (QED) is 0.896. The second kappa shape index (κ2) is 7.12. The predicted molar refractivity (Wildman–Crippen MR) is 81.4 cm³/mol. The third-order valence-corrected chi connectivity index (χ3v) is 3.93. The topological polar surface area (TPSA) is 81.8 Å². The Bertz CT molecular complexity index is 663. The van der Waals surface area contributed by atoms with E-state index in [2.05, 4.69) is 5.16 Å². The molecule has 1 aromatic heterocycles. The number of nitrogens with zero attached hydrogens (tertiary/aromatic N) is 1. The van der Waals surface area contributed by atoms with Crippen molar-refractivity contribution in [3.05, 3.63) is 52.4 Å². The van der Waals surface area contributed by atoms with Crippen molar-refractivity contribution in [2.24, 2.45) is 0 Å². The number of ether oxygens (including phenoxy) is 2. The molecule has 23 heavy (non-hydrogen) atoms. The number of carbonyl (C=O) groups is 1. The van der Waals surface area contributed by atoms with Crippen LogP contribution < -0.4 is 0 Å². The molecule has 0 radical (unpaired) electrons. The van der Waals surface area contributed by atoms with Crippen molar-refractivity contribution in [1.29, 1.82) is 0 Å². The van der Waals surface area contributed by atoms with E-state index in [0.717, 1.165) is 31.1 Å². The van der Waals surface area contributed by atoms with Crippen LogP contribution in [0.1, 0.15) is 47.0 Å². The largest absolute Gasteiger partial charge is 0.478 e. The van der Waals surface area contributed by atoms with Gasteiger partial charge in [-0.1, -0.05) is 28.9 Å². The molecule has 0 amide bonds. The van der Waals surface area contributed by atoms with Gasteiger partial charge >= 0.3 is 5.97 Å². The maximum absolute atomic E-state index is 11.4. The predicted octanol–water partition coefficient (Wildman–Crippen LogP) is 3.66. The fourth-order valence-corrected chi connectivity index (χ4v) is 2.63. The summed E-state index contributed by atoms with van der Waals surface area (Å²) in [5.41, 5.74) is 0.926. The van der Waals surface area contributed by atoms with Crippen molar-refractivity contribution >= 4 is 17.6 Å². The lowest BCUT2D eigenvalue weighted by molar-refractivity contribution is -0.182. The monoisotopic (exact) mass is 337 g/mol. The number of hydrogen-bond donors (Lipinski definition) is 1. The van der Waals surface area contributed by atoms with Crippen LogP contribution >= 0.6 is 11.6 Å². The SMILES string of the molecule is O=C(O)c1conc1[C@@H](O[C@@H]1CCCCO1)c1ccc(Cl)cc1. The van der Waals surface area contributed by atoms with Gasteiger partial charge in [-0.3, -0.25) is 0 Å². The van der Waals surface area contributed by atoms with Crippen molar-refractivity contribution in [2.45, 2.75) is 31.7 Å². The Morgan fingerprint density at radius 3 is 2.78 bits per heavy atom. The van der Waals surface area contributed by atoms with E-state index in [1.165, 1.54) is 0 Å². The van der Waals surface area contributed by atoms with E-state index < -0.39 is 18.4 Å². The molecule has 0 aliphatic carbocycles. The van der Waals surface area contributed by atoms with Gasteiger partial charge in [-0.25, -0.2) is 4.79 Å². The van der Waals surface area contributed by atoms with Crippen LogP contribution in [0.4, 0.5) is 0 Å². The molecule has 2 atom stereocenters. The van der Waals surface area contributed by atoms with Crippen LogP contribution in [-0.4, -0.2) is 29.1 Å². The van der Waals surface area contributed by atoms with Gasteiger partial charge in [0.2, 0.25) is 0 Å². The normalized spacial score (nSPS) is 19.4. The molecule has 2 aromatic rings. The van der Waals surface area contributed by atoms with E-state index >= 15 is 0 Å². The van der Waals surface area contributed by atoms with E-state index in [1.807, 2.05) is 0 Å². The van der Waals surface area contributed by atoms with Crippen LogP contribution in [0, 0.1) is 0 Å². The Hall–Kier alpha value is -1.89. The highest BCUT2D eigenvalue weighted by Gasteiger charge is 2.29. The van der Waals surface area contributed by atoms with E-state index in [-0.39, 0.29) is 11.3 Å². The standard InChI is InChI=1S/C16H16ClNO5/c17-11-6-4-10(5-7-11)15(23-13-3-1-2-8-21-13)14-12(16(19)20)9-22-18-14/h4-7,9,13,15H,1-3,8H2,(H,19,20)/t13-,15+/m1/s1. The molecule has 1 fully saturated rings. The Morgan fingerprint density at radius 1 is 1.35 bits per heavy atom. The number of benzene rings is 1. The molecule has 1 saturated heterocycles. The number of aromatic nitrogens is 1. The van der Waals surface area contributed by atoms with Gasteiger partial charge < -0.3 is 19.1 Å². The second-order valence-electron chi connectivity index (χ2n) is 5.28. The highest BCUT2D eigenvalue weighted by Crippen LogP contribution is 2.31. The van der Waals surface area contributed by atoms with Gasteiger partial charge in [-0.15, -0.1) is 0 Å². The molecule has 1 aromatic carbocycles. The van der Waals surface area contributed by atoms with Gasteiger partial charge in [-0.05, 0) is 37.0 Å². The number of hydrogen-bond acceptors (Lipinski definition) is 5. The third kappa shape index (κ3) is 3.72. The maximum Gasteiger partial charge on any atom is 0.341 e. The number of halogens is 1. The molecule has 6 nitrogen and oxygen atoms in total. The first-order valence-corrected chi connectivity index (χ1v) is 7.73. The van der Waals surface area contributed by atoms with Gasteiger partial charge in [0.15, 0.2) is 6.29 Å². The van der Waals surface area contributed by atoms with Crippen LogP contribution in [-0.2, 0) is 9.47 Å². The van der Waals surface area contributed by atoms with Crippen LogP contribution in [0.25, 0.3) is 0 Å². The van der Waals surface area contributed by atoms with E-state index in [1.54, 1.807) is 24.3 Å². The minimum absolute atomic E-state index is 0.0271. The van der Waals surface area contributed by atoms with E-state index in [9.17, 15) is 9.90 Å². The van der Waals surface area contributed by atoms with Crippen molar-refractivity contribution in [2.75, 3.05) is 6.61 Å². The van der Waals surface area contributed by atoms with Gasteiger partial charge in [-0.2, -0.15) is 0 Å². The van der Waals surface area contributed by atoms with Gasteiger partial charge in [0.1, 0.15) is 23.6 Å². The summed E-state index contributed by atoms with van der Waals surface area (Å²) in [5, 5.41) is 13.7. The summed E-state index contributed by atoms with van der Waals surface area (Å²) in [6.45, 7) is 0.628. The fourth-order valence-electron chi connectivity index (χ4n) is 2.50. The molecule has 7 heteroatoms. The smallest absolute Gasteiger partial charge is 0.341 e. The lowest BCUT2D eigenvalue weighted by atomic mass is 10.0. The summed E-state index contributed by atoms with van der Waals surface area (Å²) >= 11 is 5.92. The average molecular weight is 338 g/mol. The third-order valence-electron chi connectivity index (χ3n) is 3.67. The first-order chi connectivity index (χ1) is 11.1. The molecule has 2 heterocycles. The Kier molecular flexibility index (Phi) is 4.95. The molecule has 0 spiro atoms. The molecule has 122 valence electrons. The lowest BCUT2D eigenvalue weighted by Gasteiger charge is -2.27. The number of carboxylic acid groups (broad SMARTS) is 1. The summed E-state index contributed by atoms with van der Waals surface area (Å²) in [7, 11) is 0. The van der Waals surface area contributed by atoms with Crippen LogP contribution in [0.15, 0.2) is 35.1 Å². The Morgan fingerprint density at radius 2 is 2.13 bits per heavy atom. The highest BCUT2D eigenvalue weighted by molar-refractivity contribution is 6.30. The minimum atomic E-state index is -1.12. The van der Waals surface area contributed by atoms with Crippen LogP contribution in [0.3, 0.4) is 0 Å². The van der Waals surface area contributed by atoms with E-state index in [4.69, 9.17) is 25.6 Å². The first-order valence-electron chi connectivity index (χ1n) is 7.35. The Labute approximate surface area is 137 Å². The summed E-state index contributed by atoms with van der Waals surface area (Å²) < 4.78 is 16.4. The number of carboxylic acids is 1. The van der Waals surface area contributed by atoms with Crippen molar-refractivity contribution in [3.63, 3.8) is 0 Å². The van der Waals surface area contributed by atoms with Gasteiger partial charge in [0.25, 0.3) is 0 Å². The fraction of sp³-hybridized carbons (Fsp3) is 0.375. The first kappa shape index (κ1) is 16.0. The summed E-state index contributed by atoms with van der Waals surface area (Å²) in [6, 6.07) is 6.98. The summed E-state index contributed by atoms with van der Waals surface area (Å²) in [4.78, 5) is 11.4.